The lowest BCUT2D eigenvalue weighted by Crippen LogP contribution is -2.62. The number of cyclic esters (lactones) is 1. The SMILES string of the molecule is CC1=C(C=O)C(=O)O[C@@H]([C@@H](C)[C@H]2CC[C@H]3[C@@H]4C[C@H]5O[C@]56C(=O)C=CC(=O)[C@]6(C)[C@H]4CC[C@]23C)C1. The van der Waals surface area contributed by atoms with Crippen molar-refractivity contribution in [1.29, 1.82) is 0 Å². The number of aldehydes is 1. The number of allylic oxidation sites excluding steroid dienone is 1. The van der Waals surface area contributed by atoms with E-state index < -0.39 is 17.0 Å². The molecule has 6 heteroatoms. The Morgan fingerprint density at radius 1 is 1.06 bits per heavy atom. The second-order valence-corrected chi connectivity index (χ2v) is 12.3. The Morgan fingerprint density at radius 2 is 1.79 bits per heavy atom. The van der Waals surface area contributed by atoms with Gasteiger partial charge in [-0.15, -0.1) is 0 Å². The zero-order valence-corrected chi connectivity index (χ0v) is 20.5. The van der Waals surface area contributed by atoms with Gasteiger partial charge in [-0.2, -0.15) is 0 Å². The first-order valence-electron chi connectivity index (χ1n) is 12.9. The van der Waals surface area contributed by atoms with Crippen molar-refractivity contribution in [2.75, 3.05) is 0 Å². The van der Waals surface area contributed by atoms with Crippen molar-refractivity contribution in [2.45, 2.75) is 84.0 Å². The van der Waals surface area contributed by atoms with Gasteiger partial charge >= 0.3 is 5.97 Å². The number of rotatable bonds is 3. The van der Waals surface area contributed by atoms with Gasteiger partial charge in [0.25, 0.3) is 0 Å². The van der Waals surface area contributed by atoms with Gasteiger partial charge in [0, 0.05) is 6.42 Å². The lowest BCUT2D eigenvalue weighted by Gasteiger charge is -2.57. The number of carbonyl (C=O) groups excluding carboxylic acids is 4. The van der Waals surface area contributed by atoms with Gasteiger partial charge in [0.2, 0.25) is 0 Å². The van der Waals surface area contributed by atoms with E-state index in [1.54, 1.807) is 0 Å². The Hall–Kier alpha value is -2.08. The van der Waals surface area contributed by atoms with E-state index in [0.29, 0.717) is 30.5 Å². The Balaban J connectivity index is 1.28. The molecule has 1 spiro atoms. The number of carbonyl (C=O) groups is 4. The standard InChI is InChI=1S/C28H34O6/c1-14-11-21(33-25(32)17(14)13-29)15(2)18-5-6-19-16-12-24-28(34-24)23(31)8-7-22(30)27(28,4)20(16)9-10-26(18,19)3/h7-8,13,15-16,18-21,24H,5-6,9-12H2,1-4H3/t15-,16-,18+,19-,20-,21+,24+,26+,27-,28+/m0/s1. The number of ketones is 2. The monoisotopic (exact) mass is 466 g/mol. The molecule has 0 aromatic rings. The molecular formula is C28H34O6. The molecule has 6 rings (SSSR count). The van der Waals surface area contributed by atoms with Crippen LogP contribution in [0, 0.1) is 40.4 Å². The molecule has 0 aromatic carbocycles. The zero-order chi connectivity index (χ0) is 24.2. The summed E-state index contributed by atoms with van der Waals surface area (Å²) in [5.74, 6) is 1.12. The molecule has 2 heterocycles. The van der Waals surface area contributed by atoms with Crippen LogP contribution in [0.2, 0.25) is 0 Å². The van der Waals surface area contributed by atoms with Crippen LogP contribution in [0.5, 0.6) is 0 Å². The maximum atomic E-state index is 13.2. The summed E-state index contributed by atoms with van der Waals surface area (Å²) in [5.41, 5.74) is -0.594. The van der Waals surface area contributed by atoms with Crippen molar-refractivity contribution < 1.29 is 28.7 Å². The fraction of sp³-hybridized carbons (Fsp3) is 0.714. The number of hydrogen-bond acceptors (Lipinski definition) is 6. The molecule has 4 aliphatic carbocycles. The molecule has 34 heavy (non-hydrogen) atoms. The van der Waals surface area contributed by atoms with Gasteiger partial charge in [0.15, 0.2) is 23.5 Å². The average Bonchev–Trinajstić information content (AvgIpc) is 3.43. The minimum absolute atomic E-state index is 0.0264. The normalized spacial score (nSPS) is 50.1. The second kappa shape index (κ2) is 6.99. The van der Waals surface area contributed by atoms with E-state index in [-0.39, 0.29) is 46.6 Å². The predicted molar refractivity (Wildman–Crippen MR) is 122 cm³/mol. The molecule has 182 valence electrons. The topological polar surface area (TPSA) is 90.0 Å². The van der Waals surface area contributed by atoms with Crippen molar-refractivity contribution in [3.63, 3.8) is 0 Å². The number of esters is 1. The summed E-state index contributed by atoms with van der Waals surface area (Å²) in [6.45, 7) is 8.45. The van der Waals surface area contributed by atoms with Crippen LogP contribution in [0.4, 0.5) is 0 Å². The van der Waals surface area contributed by atoms with E-state index in [4.69, 9.17) is 9.47 Å². The Labute approximate surface area is 200 Å². The Kier molecular flexibility index (Phi) is 4.60. The van der Waals surface area contributed by atoms with Crippen molar-refractivity contribution in [3.8, 4) is 0 Å². The maximum Gasteiger partial charge on any atom is 0.341 e. The highest BCUT2D eigenvalue weighted by Crippen LogP contribution is 2.72. The Bertz CT molecular complexity index is 1070. The fourth-order valence-corrected chi connectivity index (χ4v) is 9.44. The molecular weight excluding hydrogens is 432 g/mol. The summed E-state index contributed by atoms with van der Waals surface area (Å²) in [6, 6.07) is 0. The van der Waals surface area contributed by atoms with Crippen LogP contribution in [-0.2, 0) is 28.7 Å². The van der Waals surface area contributed by atoms with E-state index in [0.717, 1.165) is 37.7 Å². The molecule has 6 nitrogen and oxygen atoms in total. The minimum atomic E-state index is -0.921. The van der Waals surface area contributed by atoms with Crippen molar-refractivity contribution >= 4 is 23.8 Å². The van der Waals surface area contributed by atoms with Crippen molar-refractivity contribution in [1.82, 2.24) is 0 Å². The third kappa shape index (κ3) is 2.51. The molecule has 0 aromatic heterocycles. The summed E-state index contributed by atoms with van der Waals surface area (Å²) < 4.78 is 11.9. The highest BCUT2D eigenvalue weighted by molar-refractivity contribution is 6.15. The molecule has 0 amide bonds. The van der Waals surface area contributed by atoms with Gasteiger partial charge in [-0.1, -0.05) is 19.4 Å². The molecule has 0 radical (unpaired) electrons. The first-order chi connectivity index (χ1) is 16.1. The third-order valence-electron chi connectivity index (χ3n) is 11.3. The molecule has 10 atom stereocenters. The van der Waals surface area contributed by atoms with Crippen LogP contribution in [0.15, 0.2) is 23.3 Å². The van der Waals surface area contributed by atoms with E-state index in [9.17, 15) is 19.2 Å². The fourth-order valence-electron chi connectivity index (χ4n) is 9.44. The Morgan fingerprint density at radius 3 is 2.50 bits per heavy atom. The molecule has 0 unspecified atom stereocenters. The quantitative estimate of drug-likeness (QED) is 0.272. The summed E-state index contributed by atoms with van der Waals surface area (Å²) in [4.78, 5) is 49.8. The van der Waals surface area contributed by atoms with Crippen LogP contribution < -0.4 is 0 Å². The smallest absolute Gasteiger partial charge is 0.341 e. The molecule has 4 fully saturated rings. The van der Waals surface area contributed by atoms with Gasteiger partial charge < -0.3 is 9.47 Å². The van der Waals surface area contributed by atoms with E-state index >= 15 is 0 Å². The van der Waals surface area contributed by atoms with Gasteiger partial charge in [0.05, 0.1) is 17.1 Å². The lowest BCUT2D eigenvalue weighted by atomic mass is 9.44. The number of hydrogen-bond donors (Lipinski definition) is 0. The van der Waals surface area contributed by atoms with Crippen LogP contribution in [0.25, 0.3) is 0 Å². The number of epoxide rings is 1. The number of ether oxygens (including phenoxy) is 2. The highest BCUT2D eigenvalue weighted by Gasteiger charge is 2.80. The van der Waals surface area contributed by atoms with E-state index in [1.165, 1.54) is 12.2 Å². The van der Waals surface area contributed by atoms with Crippen LogP contribution >= 0.6 is 0 Å². The van der Waals surface area contributed by atoms with Gasteiger partial charge in [-0.05, 0) is 93.1 Å². The molecule has 0 N–H and O–H groups in total. The second-order valence-electron chi connectivity index (χ2n) is 12.3. The van der Waals surface area contributed by atoms with Crippen LogP contribution in [-0.4, -0.2) is 41.6 Å². The minimum Gasteiger partial charge on any atom is -0.458 e. The van der Waals surface area contributed by atoms with Crippen molar-refractivity contribution in [3.05, 3.63) is 23.3 Å². The third-order valence-corrected chi connectivity index (χ3v) is 11.3. The van der Waals surface area contributed by atoms with Gasteiger partial charge in [-0.25, -0.2) is 4.79 Å². The number of fused-ring (bicyclic) bond motifs is 4. The van der Waals surface area contributed by atoms with Crippen molar-refractivity contribution in [2.24, 2.45) is 40.4 Å². The largest absolute Gasteiger partial charge is 0.458 e. The molecule has 6 aliphatic rings. The molecule has 3 saturated carbocycles. The summed E-state index contributed by atoms with van der Waals surface area (Å²) in [7, 11) is 0. The van der Waals surface area contributed by atoms with Gasteiger partial charge in [-0.3, -0.25) is 14.4 Å². The predicted octanol–water partition coefficient (Wildman–Crippen LogP) is 3.77. The molecule has 1 saturated heterocycles. The average molecular weight is 467 g/mol. The van der Waals surface area contributed by atoms with E-state index in [2.05, 4.69) is 13.8 Å². The van der Waals surface area contributed by atoms with E-state index in [1.807, 2.05) is 13.8 Å². The van der Waals surface area contributed by atoms with Crippen LogP contribution in [0.3, 0.4) is 0 Å². The van der Waals surface area contributed by atoms with Gasteiger partial charge in [0.1, 0.15) is 6.10 Å². The maximum absolute atomic E-state index is 13.2. The first kappa shape index (κ1) is 22.4. The zero-order valence-electron chi connectivity index (χ0n) is 20.5. The lowest BCUT2D eigenvalue weighted by molar-refractivity contribution is -0.155. The molecule has 2 aliphatic heterocycles. The summed E-state index contributed by atoms with van der Waals surface area (Å²) in [6.07, 6.45) is 8.74. The first-order valence-corrected chi connectivity index (χ1v) is 12.9. The van der Waals surface area contributed by atoms with Crippen LogP contribution in [0.1, 0.15) is 66.2 Å². The summed E-state index contributed by atoms with van der Waals surface area (Å²) in [5, 5.41) is 0. The summed E-state index contributed by atoms with van der Waals surface area (Å²) >= 11 is 0. The highest BCUT2D eigenvalue weighted by atomic mass is 16.6. The molecule has 0 bridgehead atoms.